The minimum absolute atomic E-state index is 0.183. The Hall–Kier alpha value is -1.88. The largest absolute Gasteiger partial charge is 0.489 e. The lowest BCUT2D eigenvalue weighted by Gasteiger charge is -2.07. The highest BCUT2D eigenvalue weighted by atomic mass is 79.9. The van der Waals surface area contributed by atoms with E-state index in [4.69, 9.17) is 9.84 Å². The molecule has 0 amide bonds. The van der Waals surface area contributed by atoms with Gasteiger partial charge in [-0.25, -0.2) is 9.18 Å². The van der Waals surface area contributed by atoms with Crippen LogP contribution in [0.5, 0.6) is 5.75 Å². The Bertz CT molecular complexity index is 596. The number of benzene rings is 2. The fourth-order valence-electron chi connectivity index (χ4n) is 1.52. The molecule has 3 nitrogen and oxygen atoms in total. The maximum atomic E-state index is 13.2. The molecule has 1 N–H and O–H groups in total. The second-order valence-electron chi connectivity index (χ2n) is 3.86. The van der Waals surface area contributed by atoms with Gasteiger partial charge in [-0.2, -0.15) is 0 Å². The predicted molar refractivity (Wildman–Crippen MR) is 71.8 cm³/mol. The maximum Gasteiger partial charge on any atom is 0.338 e. The van der Waals surface area contributed by atoms with Crippen molar-refractivity contribution in [2.75, 3.05) is 0 Å². The van der Waals surface area contributed by atoms with Gasteiger partial charge in [0.25, 0.3) is 0 Å². The van der Waals surface area contributed by atoms with Crippen LogP contribution in [0.15, 0.2) is 46.9 Å². The van der Waals surface area contributed by atoms with E-state index in [0.29, 0.717) is 11.3 Å². The van der Waals surface area contributed by atoms with Crippen LogP contribution in [0, 0.1) is 5.82 Å². The molecule has 0 radical (unpaired) electrons. The number of hydrogen-bond donors (Lipinski definition) is 1. The quantitative estimate of drug-likeness (QED) is 0.928. The summed E-state index contributed by atoms with van der Waals surface area (Å²) >= 11 is 3.31. The van der Waals surface area contributed by atoms with Gasteiger partial charge in [-0.1, -0.05) is 22.0 Å². The van der Waals surface area contributed by atoms with Gasteiger partial charge in [0.2, 0.25) is 0 Å². The third kappa shape index (κ3) is 3.54. The summed E-state index contributed by atoms with van der Waals surface area (Å²) in [6.45, 7) is 0.183. The molecule has 0 saturated carbocycles. The van der Waals surface area contributed by atoms with Crippen LogP contribution in [0.4, 0.5) is 4.39 Å². The van der Waals surface area contributed by atoms with Crippen LogP contribution in [-0.2, 0) is 6.61 Å². The molecule has 98 valence electrons. The first kappa shape index (κ1) is 13.5. The van der Waals surface area contributed by atoms with E-state index >= 15 is 0 Å². The maximum absolute atomic E-state index is 13.2. The molecule has 0 bridgehead atoms. The summed E-state index contributed by atoms with van der Waals surface area (Å²) in [5.41, 5.74) is 0.249. The lowest BCUT2D eigenvalue weighted by Crippen LogP contribution is -2.03. The van der Waals surface area contributed by atoms with E-state index in [9.17, 15) is 9.18 Å². The summed E-state index contributed by atoms with van der Waals surface area (Å²) in [6, 6.07) is 11.1. The Labute approximate surface area is 117 Å². The predicted octanol–water partition coefficient (Wildman–Crippen LogP) is 3.87. The van der Waals surface area contributed by atoms with Gasteiger partial charge in [-0.05, 0) is 42.0 Å². The smallest absolute Gasteiger partial charge is 0.338 e. The summed E-state index contributed by atoms with van der Waals surface area (Å²) in [5, 5.41) is 8.82. The van der Waals surface area contributed by atoms with E-state index in [2.05, 4.69) is 15.9 Å². The van der Waals surface area contributed by atoms with Crippen molar-refractivity contribution in [3.05, 3.63) is 63.9 Å². The van der Waals surface area contributed by atoms with Gasteiger partial charge in [0.1, 0.15) is 18.2 Å². The highest BCUT2D eigenvalue weighted by molar-refractivity contribution is 9.10. The molecule has 0 aliphatic heterocycles. The number of carbonyl (C=O) groups is 1. The third-order valence-electron chi connectivity index (χ3n) is 2.48. The molecule has 0 aliphatic carbocycles. The number of hydrogen-bond acceptors (Lipinski definition) is 2. The van der Waals surface area contributed by atoms with E-state index in [0.717, 1.165) is 10.5 Å². The lowest BCUT2D eigenvalue weighted by atomic mass is 10.1. The lowest BCUT2D eigenvalue weighted by molar-refractivity contribution is 0.0691. The number of carboxylic acid groups (broad SMARTS) is 1. The van der Waals surface area contributed by atoms with Crippen molar-refractivity contribution in [3.8, 4) is 5.75 Å². The molecular weight excluding hydrogens is 315 g/mol. The van der Waals surface area contributed by atoms with Gasteiger partial charge >= 0.3 is 5.97 Å². The number of carboxylic acids is 1. The molecule has 0 fully saturated rings. The van der Waals surface area contributed by atoms with Crippen molar-refractivity contribution in [3.63, 3.8) is 0 Å². The molecule has 0 unspecified atom stereocenters. The normalized spacial score (nSPS) is 10.2. The van der Waals surface area contributed by atoms with Gasteiger partial charge in [-0.15, -0.1) is 0 Å². The zero-order valence-corrected chi connectivity index (χ0v) is 11.4. The minimum Gasteiger partial charge on any atom is -0.489 e. The minimum atomic E-state index is -1.29. The van der Waals surface area contributed by atoms with E-state index < -0.39 is 11.8 Å². The zero-order chi connectivity index (χ0) is 13.8. The van der Waals surface area contributed by atoms with Crippen LogP contribution in [0.2, 0.25) is 0 Å². The summed E-state index contributed by atoms with van der Waals surface area (Å²) in [5.74, 6) is -1.38. The number of rotatable bonds is 4. The average Bonchev–Trinajstić information content (AvgIpc) is 2.39. The molecule has 0 saturated heterocycles. The van der Waals surface area contributed by atoms with E-state index in [1.165, 1.54) is 12.1 Å². The van der Waals surface area contributed by atoms with Crippen LogP contribution < -0.4 is 4.74 Å². The molecule has 0 atom stereocenters. The molecule has 0 aliphatic rings. The number of ether oxygens (including phenoxy) is 1. The van der Waals surface area contributed by atoms with Crippen molar-refractivity contribution in [1.29, 1.82) is 0 Å². The van der Waals surface area contributed by atoms with Crippen molar-refractivity contribution in [2.24, 2.45) is 0 Å². The number of aromatic carboxylic acids is 1. The van der Waals surface area contributed by atoms with Crippen molar-refractivity contribution < 1.29 is 19.0 Å². The summed E-state index contributed by atoms with van der Waals surface area (Å²) in [6.07, 6.45) is 0. The van der Waals surface area contributed by atoms with Gasteiger partial charge in [-0.3, -0.25) is 0 Å². The van der Waals surface area contributed by atoms with Crippen LogP contribution in [0.1, 0.15) is 15.9 Å². The molecular formula is C14H10BrFO3. The topological polar surface area (TPSA) is 46.5 Å². The Morgan fingerprint density at radius 2 is 1.89 bits per heavy atom. The van der Waals surface area contributed by atoms with E-state index in [1.807, 2.05) is 12.1 Å². The first-order valence-corrected chi connectivity index (χ1v) is 6.25. The van der Waals surface area contributed by atoms with Crippen LogP contribution in [0.3, 0.4) is 0 Å². The molecule has 0 aromatic heterocycles. The summed E-state index contributed by atoms with van der Waals surface area (Å²) in [7, 11) is 0. The van der Waals surface area contributed by atoms with Crippen molar-refractivity contribution >= 4 is 21.9 Å². The molecule has 0 spiro atoms. The van der Waals surface area contributed by atoms with E-state index in [-0.39, 0.29) is 12.2 Å². The highest BCUT2D eigenvalue weighted by Crippen LogP contribution is 2.18. The SMILES string of the molecule is O=C(O)c1cc(COc2ccc(Br)cc2)ccc1F. The summed E-state index contributed by atoms with van der Waals surface area (Å²) < 4.78 is 19.6. The summed E-state index contributed by atoms with van der Waals surface area (Å²) in [4.78, 5) is 10.8. The van der Waals surface area contributed by atoms with Gasteiger partial charge in [0.15, 0.2) is 0 Å². The van der Waals surface area contributed by atoms with Crippen molar-refractivity contribution in [2.45, 2.75) is 6.61 Å². The monoisotopic (exact) mass is 324 g/mol. The zero-order valence-electron chi connectivity index (χ0n) is 9.77. The Kier molecular flexibility index (Phi) is 4.16. The third-order valence-corrected chi connectivity index (χ3v) is 3.01. The Morgan fingerprint density at radius 1 is 1.21 bits per heavy atom. The van der Waals surface area contributed by atoms with Gasteiger partial charge < -0.3 is 9.84 Å². The fraction of sp³-hybridized carbons (Fsp3) is 0.0714. The van der Waals surface area contributed by atoms with Crippen LogP contribution in [0.25, 0.3) is 0 Å². The Balaban J connectivity index is 2.09. The second-order valence-corrected chi connectivity index (χ2v) is 4.78. The van der Waals surface area contributed by atoms with Crippen LogP contribution in [-0.4, -0.2) is 11.1 Å². The molecule has 2 aromatic rings. The highest BCUT2D eigenvalue weighted by Gasteiger charge is 2.10. The molecule has 0 heterocycles. The first-order valence-electron chi connectivity index (χ1n) is 5.46. The number of halogens is 2. The fourth-order valence-corrected chi connectivity index (χ4v) is 1.79. The Morgan fingerprint density at radius 3 is 2.53 bits per heavy atom. The van der Waals surface area contributed by atoms with E-state index in [1.54, 1.807) is 12.1 Å². The molecule has 19 heavy (non-hydrogen) atoms. The van der Waals surface area contributed by atoms with Gasteiger partial charge in [0, 0.05) is 4.47 Å². The average molecular weight is 325 g/mol. The van der Waals surface area contributed by atoms with Crippen molar-refractivity contribution in [1.82, 2.24) is 0 Å². The molecule has 2 aromatic carbocycles. The molecule has 2 rings (SSSR count). The van der Waals surface area contributed by atoms with Crippen LogP contribution >= 0.6 is 15.9 Å². The standard InChI is InChI=1S/C14H10BrFO3/c15-10-2-4-11(5-3-10)19-8-9-1-6-13(16)12(7-9)14(17)18/h1-7H,8H2,(H,17,18). The first-order chi connectivity index (χ1) is 9.06. The van der Waals surface area contributed by atoms with Gasteiger partial charge in [0.05, 0.1) is 5.56 Å². The molecule has 5 heteroatoms. The second kappa shape index (κ2) is 5.84.